The van der Waals surface area contributed by atoms with Crippen LogP contribution in [0, 0.1) is 0 Å². The van der Waals surface area contributed by atoms with Crippen LogP contribution in [0.4, 0.5) is 0 Å². The monoisotopic (exact) mass is 327 g/mol. The van der Waals surface area contributed by atoms with Crippen LogP contribution in [-0.4, -0.2) is 41.7 Å². The normalized spacial score (nSPS) is 18.6. The smallest absolute Gasteiger partial charge is 0.226 e. The summed E-state index contributed by atoms with van der Waals surface area (Å²) in [4.78, 5) is 13.8. The summed E-state index contributed by atoms with van der Waals surface area (Å²) in [5.41, 5.74) is 0. The van der Waals surface area contributed by atoms with E-state index in [0.29, 0.717) is 13.0 Å². The van der Waals surface area contributed by atoms with Crippen LogP contribution in [0.15, 0.2) is 28.7 Å². The van der Waals surface area contributed by atoms with Gasteiger partial charge in [0, 0.05) is 11.0 Å². The molecule has 1 atom stereocenters. The number of rotatable bonds is 5. The van der Waals surface area contributed by atoms with Gasteiger partial charge in [-0.25, -0.2) is 0 Å². The molecule has 5 heteroatoms. The third-order valence-corrected chi connectivity index (χ3v) is 3.84. The molecule has 104 valence electrons. The van der Waals surface area contributed by atoms with Gasteiger partial charge in [-0.1, -0.05) is 15.9 Å². The number of likely N-dealkylation sites (tertiary alicyclic amines) is 1. The molecule has 1 unspecified atom stereocenters. The van der Waals surface area contributed by atoms with Gasteiger partial charge in [0.25, 0.3) is 0 Å². The fourth-order valence-electron chi connectivity index (χ4n) is 2.28. The van der Waals surface area contributed by atoms with E-state index in [4.69, 9.17) is 4.74 Å². The van der Waals surface area contributed by atoms with Crippen molar-refractivity contribution in [1.29, 1.82) is 0 Å². The number of ether oxygens (including phenoxy) is 1. The van der Waals surface area contributed by atoms with E-state index in [0.717, 1.165) is 29.6 Å². The Balaban J connectivity index is 1.76. The van der Waals surface area contributed by atoms with E-state index in [1.165, 1.54) is 0 Å². The summed E-state index contributed by atoms with van der Waals surface area (Å²) in [6.07, 6.45) is 2.23. The first-order valence-electron chi connectivity index (χ1n) is 6.49. The van der Waals surface area contributed by atoms with Gasteiger partial charge in [0.15, 0.2) is 0 Å². The van der Waals surface area contributed by atoms with Crippen LogP contribution < -0.4 is 4.74 Å². The minimum absolute atomic E-state index is 0.000167. The largest absolute Gasteiger partial charge is 0.493 e. The molecule has 1 aliphatic heterocycles. The van der Waals surface area contributed by atoms with Gasteiger partial charge in [0.1, 0.15) is 5.75 Å². The van der Waals surface area contributed by atoms with Crippen LogP contribution >= 0.6 is 15.9 Å². The molecule has 0 radical (unpaired) electrons. The van der Waals surface area contributed by atoms with Crippen molar-refractivity contribution >= 4 is 21.8 Å². The fraction of sp³-hybridized carbons (Fsp3) is 0.500. The number of benzene rings is 1. The molecule has 1 aromatic carbocycles. The molecule has 19 heavy (non-hydrogen) atoms. The highest BCUT2D eigenvalue weighted by atomic mass is 79.9. The number of aliphatic hydroxyl groups is 1. The Morgan fingerprint density at radius 3 is 2.84 bits per heavy atom. The molecule has 4 nitrogen and oxygen atoms in total. The van der Waals surface area contributed by atoms with Crippen LogP contribution in [0.3, 0.4) is 0 Å². The molecule has 0 saturated carbocycles. The molecule has 1 fully saturated rings. The topological polar surface area (TPSA) is 49.8 Å². The van der Waals surface area contributed by atoms with E-state index < -0.39 is 0 Å². The van der Waals surface area contributed by atoms with E-state index in [1.54, 1.807) is 4.90 Å². The molecule has 1 aliphatic rings. The van der Waals surface area contributed by atoms with Crippen molar-refractivity contribution in [1.82, 2.24) is 4.90 Å². The summed E-state index contributed by atoms with van der Waals surface area (Å²) in [6.45, 7) is 1.18. The van der Waals surface area contributed by atoms with Crippen LogP contribution in [0.25, 0.3) is 0 Å². The van der Waals surface area contributed by atoms with Crippen molar-refractivity contribution in [3.05, 3.63) is 28.7 Å². The van der Waals surface area contributed by atoms with Crippen LogP contribution in [0.1, 0.15) is 19.3 Å². The predicted molar refractivity (Wildman–Crippen MR) is 76.1 cm³/mol. The Hall–Kier alpha value is -1.07. The molecular weight excluding hydrogens is 310 g/mol. The van der Waals surface area contributed by atoms with Crippen molar-refractivity contribution in [2.45, 2.75) is 25.3 Å². The average molecular weight is 328 g/mol. The highest BCUT2D eigenvalue weighted by molar-refractivity contribution is 9.10. The van der Waals surface area contributed by atoms with E-state index >= 15 is 0 Å². The molecule has 0 bridgehead atoms. The summed E-state index contributed by atoms with van der Waals surface area (Å²) < 4.78 is 6.53. The maximum absolute atomic E-state index is 12.0. The number of amides is 1. The summed E-state index contributed by atoms with van der Waals surface area (Å²) in [5, 5.41) is 9.19. The van der Waals surface area contributed by atoms with Gasteiger partial charge < -0.3 is 14.7 Å². The summed E-state index contributed by atoms with van der Waals surface area (Å²) in [5.74, 6) is 0.824. The van der Waals surface area contributed by atoms with E-state index in [2.05, 4.69) is 15.9 Å². The van der Waals surface area contributed by atoms with E-state index in [9.17, 15) is 9.90 Å². The van der Waals surface area contributed by atoms with Crippen molar-refractivity contribution in [2.75, 3.05) is 19.8 Å². The number of carbonyl (C=O) groups is 1. The van der Waals surface area contributed by atoms with E-state index in [-0.39, 0.29) is 18.6 Å². The van der Waals surface area contributed by atoms with Crippen molar-refractivity contribution in [3.8, 4) is 5.75 Å². The second-order valence-electron chi connectivity index (χ2n) is 4.62. The zero-order valence-corrected chi connectivity index (χ0v) is 12.3. The minimum atomic E-state index is 0.000167. The SMILES string of the molecule is O=C(CCOc1ccc(Br)cc1)N1CCCC1CO. The third-order valence-electron chi connectivity index (χ3n) is 3.31. The third kappa shape index (κ3) is 3.94. The maximum atomic E-state index is 12.0. The molecule has 2 rings (SSSR count). The fourth-order valence-corrected chi connectivity index (χ4v) is 2.55. The van der Waals surface area contributed by atoms with Gasteiger partial charge in [-0.2, -0.15) is 0 Å². The Bertz CT molecular complexity index is 421. The Kier molecular flexibility index (Phi) is 5.22. The molecule has 1 heterocycles. The van der Waals surface area contributed by atoms with E-state index in [1.807, 2.05) is 24.3 Å². The standard InChI is InChI=1S/C14H18BrNO3/c15-11-3-5-13(6-4-11)19-9-7-14(18)16-8-1-2-12(16)10-17/h3-6,12,17H,1-2,7-10H2. The van der Waals surface area contributed by atoms with Gasteiger partial charge in [-0.05, 0) is 37.1 Å². The van der Waals surface area contributed by atoms with Crippen molar-refractivity contribution in [2.24, 2.45) is 0 Å². The molecule has 0 spiro atoms. The highest BCUT2D eigenvalue weighted by Crippen LogP contribution is 2.19. The number of hydrogen-bond donors (Lipinski definition) is 1. The van der Waals surface area contributed by atoms with Gasteiger partial charge >= 0.3 is 0 Å². The molecule has 1 aromatic rings. The molecule has 0 aliphatic carbocycles. The number of hydrogen-bond acceptors (Lipinski definition) is 3. The lowest BCUT2D eigenvalue weighted by atomic mass is 10.2. The Morgan fingerprint density at radius 1 is 1.42 bits per heavy atom. The lowest BCUT2D eigenvalue weighted by Crippen LogP contribution is -2.38. The maximum Gasteiger partial charge on any atom is 0.226 e. The van der Waals surface area contributed by atoms with Crippen LogP contribution in [0.5, 0.6) is 5.75 Å². The van der Waals surface area contributed by atoms with Gasteiger partial charge in [-0.15, -0.1) is 0 Å². The first-order chi connectivity index (χ1) is 9.20. The lowest BCUT2D eigenvalue weighted by Gasteiger charge is -2.23. The highest BCUT2D eigenvalue weighted by Gasteiger charge is 2.27. The molecule has 1 saturated heterocycles. The first-order valence-corrected chi connectivity index (χ1v) is 7.28. The van der Waals surface area contributed by atoms with Gasteiger partial charge in [0.2, 0.25) is 5.91 Å². The minimum Gasteiger partial charge on any atom is -0.493 e. The molecule has 1 amide bonds. The Labute approximate surface area is 121 Å². The van der Waals surface area contributed by atoms with Crippen molar-refractivity contribution in [3.63, 3.8) is 0 Å². The van der Waals surface area contributed by atoms with Gasteiger partial charge in [-0.3, -0.25) is 4.79 Å². The molecule has 0 aromatic heterocycles. The van der Waals surface area contributed by atoms with Crippen molar-refractivity contribution < 1.29 is 14.6 Å². The van der Waals surface area contributed by atoms with Gasteiger partial charge in [0.05, 0.1) is 25.7 Å². The molecular formula is C14H18BrNO3. The number of carbonyl (C=O) groups excluding carboxylic acids is 1. The zero-order valence-electron chi connectivity index (χ0n) is 10.7. The zero-order chi connectivity index (χ0) is 13.7. The van der Waals surface area contributed by atoms with Crippen LogP contribution in [-0.2, 0) is 4.79 Å². The second-order valence-corrected chi connectivity index (χ2v) is 5.53. The predicted octanol–water partition coefficient (Wildman–Crippen LogP) is 2.20. The Morgan fingerprint density at radius 2 is 2.16 bits per heavy atom. The lowest BCUT2D eigenvalue weighted by molar-refractivity contribution is -0.133. The number of halogens is 1. The summed E-state index contributed by atoms with van der Waals surface area (Å²) >= 11 is 3.36. The quantitative estimate of drug-likeness (QED) is 0.902. The van der Waals surface area contributed by atoms with Crippen LogP contribution in [0.2, 0.25) is 0 Å². The molecule has 1 N–H and O–H groups in total. The average Bonchev–Trinajstić information content (AvgIpc) is 2.89. The second kappa shape index (κ2) is 6.91. The first kappa shape index (κ1) is 14.3. The summed E-state index contributed by atoms with van der Waals surface area (Å²) in [6, 6.07) is 7.53. The number of nitrogens with zero attached hydrogens (tertiary/aromatic N) is 1. The number of aliphatic hydroxyl groups excluding tert-OH is 1. The summed E-state index contributed by atoms with van der Waals surface area (Å²) in [7, 11) is 0.